The number of hydrogen-bond donors (Lipinski definition) is 1. The molecule has 5 heteroatoms. The van der Waals surface area contributed by atoms with Crippen molar-refractivity contribution in [2.45, 2.75) is 13.0 Å². The third-order valence-electron chi connectivity index (χ3n) is 3.91. The van der Waals surface area contributed by atoms with Gasteiger partial charge in [0.15, 0.2) is 0 Å². The van der Waals surface area contributed by atoms with Crippen LogP contribution in [0.15, 0.2) is 60.9 Å². The second kappa shape index (κ2) is 7.00. The Hall–Kier alpha value is -3.08. The molecule has 0 aliphatic heterocycles. The summed E-state index contributed by atoms with van der Waals surface area (Å²) in [5, 5.41) is 0. The largest absolute Gasteiger partial charge is 0.465 e. The summed E-state index contributed by atoms with van der Waals surface area (Å²) in [6, 6.07) is 15.2. The van der Waals surface area contributed by atoms with Crippen LogP contribution in [-0.2, 0) is 17.7 Å². The summed E-state index contributed by atoms with van der Waals surface area (Å²) in [6.45, 7) is 0.565. The lowest BCUT2D eigenvalue weighted by molar-refractivity contribution is 0.0599. The van der Waals surface area contributed by atoms with Crippen LogP contribution >= 0.6 is 0 Å². The van der Waals surface area contributed by atoms with Gasteiger partial charge in [-0.1, -0.05) is 30.3 Å². The second-order valence-corrected chi connectivity index (χ2v) is 5.54. The lowest BCUT2D eigenvalue weighted by Crippen LogP contribution is -2.11. The van der Waals surface area contributed by atoms with Gasteiger partial charge in [-0.2, -0.15) is 0 Å². The number of esters is 1. The van der Waals surface area contributed by atoms with Crippen molar-refractivity contribution in [2.75, 3.05) is 12.8 Å². The van der Waals surface area contributed by atoms with Crippen LogP contribution in [0.5, 0.6) is 0 Å². The van der Waals surface area contributed by atoms with Crippen molar-refractivity contribution in [3.63, 3.8) is 0 Å². The summed E-state index contributed by atoms with van der Waals surface area (Å²) >= 11 is 0. The number of methoxy groups -OCH3 is 1. The fourth-order valence-corrected chi connectivity index (χ4v) is 2.62. The molecular weight excluding hydrogens is 302 g/mol. The molecule has 0 fully saturated rings. The maximum Gasteiger partial charge on any atom is 0.338 e. The van der Waals surface area contributed by atoms with E-state index in [2.05, 4.69) is 4.98 Å². The molecule has 3 aromatic rings. The van der Waals surface area contributed by atoms with Crippen molar-refractivity contribution in [1.29, 1.82) is 0 Å². The first kappa shape index (κ1) is 15.8. The monoisotopic (exact) mass is 321 g/mol. The van der Waals surface area contributed by atoms with Crippen molar-refractivity contribution in [2.24, 2.45) is 0 Å². The SMILES string of the molecule is COC(=O)c1ccccc1Cn1ccnc1Cc1ccc(N)cc1. The fourth-order valence-electron chi connectivity index (χ4n) is 2.62. The fraction of sp³-hybridized carbons (Fsp3) is 0.158. The van der Waals surface area contributed by atoms with Crippen LogP contribution in [0.4, 0.5) is 5.69 Å². The number of imidazole rings is 1. The van der Waals surface area contributed by atoms with Crippen LogP contribution in [0.1, 0.15) is 27.3 Å². The zero-order valence-corrected chi connectivity index (χ0v) is 13.5. The molecule has 24 heavy (non-hydrogen) atoms. The highest BCUT2D eigenvalue weighted by Gasteiger charge is 2.13. The minimum Gasteiger partial charge on any atom is -0.465 e. The topological polar surface area (TPSA) is 70.1 Å². The Balaban J connectivity index is 1.84. The molecule has 0 atom stereocenters. The average Bonchev–Trinajstić information content (AvgIpc) is 3.03. The number of ether oxygens (including phenoxy) is 1. The van der Waals surface area contributed by atoms with Gasteiger partial charge in [0.05, 0.1) is 12.7 Å². The molecule has 122 valence electrons. The number of carbonyl (C=O) groups excluding carboxylic acids is 1. The Labute approximate surface area is 140 Å². The van der Waals surface area contributed by atoms with Crippen LogP contribution < -0.4 is 5.73 Å². The molecule has 2 aromatic carbocycles. The maximum atomic E-state index is 11.9. The molecule has 0 saturated carbocycles. The molecule has 0 unspecified atom stereocenters. The van der Waals surface area contributed by atoms with E-state index in [0.29, 0.717) is 18.5 Å². The van der Waals surface area contributed by atoms with E-state index in [4.69, 9.17) is 10.5 Å². The predicted octanol–water partition coefficient (Wildman–Crippen LogP) is 2.89. The summed E-state index contributed by atoms with van der Waals surface area (Å²) in [7, 11) is 1.39. The standard InChI is InChI=1S/C19H19N3O2/c1-24-19(23)17-5-3-2-4-15(17)13-22-11-10-21-18(22)12-14-6-8-16(20)9-7-14/h2-11H,12-13,20H2,1H3. The average molecular weight is 321 g/mol. The summed E-state index contributed by atoms with van der Waals surface area (Å²) in [4.78, 5) is 16.4. The van der Waals surface area contributed by atoms with Crippen LogP contribution in [0.2, 0.25) is 0 Å². The molecule has 3 rings (SSSR count). The first-order valence-electron chi connectivity index (χ1n) is 7.68. The Bertz CT molecular complexity index is 838. The minimum absolute atomic E-state index is 0.328. The molecule has 0 aliphatic rings. The minimum atomic E-state index is -0.328. The number of aromatic nitrogens is 2. The third kappa shape index (κ3) is 3.46. The number of nitrogens with zero attached hydrogens (tertiary/aromatic N) is 2. The van der Waals surface area contributed by atoms with E-state index < -0.39 is 0 Å². The molecular formula is C19H19N3O2. The molecule has 0 radical (unpaired) electrons. The van der Waals surface area contributed by atoms with Gasteiger partial charge in [-0.25, -0.2) is 9.78 Å². The number of anilines is 1. The summed E-state index contributed by atoms with van der Waals surface area (Å²) < 4.78 is 6.90. The Morgan fingerprint density at radius 3 is 2.67 bits per heavy atom. The van der Waals surface area contributed by atoms with Crippen LogP contribution in [-0.4, -0.2) is 22.6 Å². The molecule has 0 spiro atoms. The van der Waals surface area contributed by atoms with E-state index in [1.54, 1.807) is 12.3 Å². The molecule has 1 aromatic heterocycles. The highest BCUT2D eigenvalue weighted by Crippen LogP contribution is 2.15. The van der Waals surface area contributed by atoms with Crippen molar-refractivity contribution in [3.05, 3.63) is 83.4 Å². The van der Waals surface area contributed by atoms with Gasteiger partial charge >= 0.3 is 5.97 Å². The summed E-state index contributed by atoms with van der Waals surface area (Å²) in [6.07, 6.45) is 4.39. The van der Waals surface area contributed by atoms with E-state index in [9.17, 15) is 4.79 Å². The van der Waals surface area contributed by atoms with Gasteiger partial charge in [0.25, 0.3) is 0 Å². The van der Waals surface area contributed by atoms with Gasteiger partial charge in [0.1, 0.15) is 5.82 Å². The third-order valence-corrected chi connectivity index (χ3v) is 3.91. The molecule has 0 bridgehead atoms. The van der Waals surface area contributed by atoms with Crippen molar-refractivity contribution < 1.29 is 9.53 Å². The zero-order chi connectivity index (χ0) is 16.9. The van der Waals surface area contributed by atoms with Crippen molar-refractivity contribution in [3.8, 4) is 0 Å². The van der Waals surface area contributed by atoms with Crippen LogP contribution in [0, 0.1) is 0 Å². The van der Waals surface area contributed by atoms with E-state index in [0.717, 1.165) is 22.6 Å². The molecule has 2 N–H and O–H groups in total. The van der Waals surface area contributed by atoms with Gasteiger partial charge in [0, 0.05) is 31.0 Å². The lowest BCUT2D eigenvalue weighted by Gasteiger charge is -2.11. The van der Waals surface area contributed by atoms with E-state index in [-0.39, 0.29) is 5.97 Å². The van der Waals surface area contributed by atoms with E-state index in [1.165, 1.54) is 7.11 Å². The second-order valence-electron chi connectivity index (χ2n) is 5.54. The van der Waals surface area contributed by atoms with Gasteiger partial charge < -0.3 is 15.0 Å². The number of hydrogen-bond acceptors (Lipinski definition) is 4. The van der Waals surface area contributed by atoms with Gasteiger partial charge in [-0.05, 0) is 29.3 Å². The highest BCUT2D eigenvalue weighted by molar-refractivity contribution is 5.90. The smallest absolute Gasteiger partial charge is 0.338 e. The number of benzene rings is 2. The summed E-state index contributed by atoms with van der Waals surface area (Å²) in [5.74, 6) is 0.602. The van der Waals surface area contributed by atoms with E-state index in [1.807, 2.05) is 53.2 Å². The van der Waals surface area contributed by atoms with Gasteiger partial charge in [0.2, 0.25) is 0 Å². The molecule has 1 heterocycles. The van der Waals surface area contributed by atoms with Crippen LogP contribution in [0.3, 0.4) is 0 Å². The van der Waals surface area contributed by atoms with E-state index >= 15 is 0 Å². The number of nitrogens with two attached hydrogens (primary N) is 1. The normalized spacial score (nSPS) is 10.5. The Morgan fingerprint density at radius 1 is 1.17 bits per heavy atom. The summed E-state index contributed by atoms with van der Waals surface area (Å²) in [5.41, 5.74) is 9.09. The molecule has 5 nitrogen and oxygen atoms in total. The molecule has 0 amide bonds. The number of rotatable bonds is 5. The number of carbonyl (C=O) groups is 1. The number of nitrogen functional groups attached to an aromatic ring is 1. The maximum absolute atomic E-state index is 11.9. The first-order valence-corrected chi connectivity index (χ1v) is 7.68. The van der Waals surface area contributed by atoms with Gasteiger partial charge in [-0.15, -0.1) is 0 Å². The zero-order valence-electron chi connectivity index (χ0n) is 13.5. The Kier molecular flexibility index (Phi) is 4.61. The van der Waals surface area contributed by atoms with Gasteiger partial charge in [-0.3, -0.25) is 0 Å². The molecule has 0 aliphatic carbocycles. The lowest BCUT2D eigenvalue weighted by atomic mass is 10.1. The quantitative estimate of drug-likeness (QED) is 0.579. The Morgan fingerprint density at radius 2 is 1.92 bits per heavy atom. The highest BCUT2D eigenvalue weighted by atomic mass is 16.5. The first-order chi connectivity index (χ1) is 11.7. The predicted molar refractivity (Wildman–Crippen MR) is 92.8 cm³/mol. The molecule has 0 saturated heterocycles. The van der Waals surface area contributed by atoms with Crippen molar-refractivity contribution >= 4 is 11.7 Å². The van der Waals surface area contributed by atoms with Crippen LogP contribution in [0.25, 0.3) is 0 Å². The van der Waals surface area contributed by atoms with Crippen molar-refractivity contribution in [1.82, 2.24) is 9.55 Å².